The van der Waals surface area contributed by atoms with Crippen LogP contribution in [0.15, 0.2) is 23.1 Å². The quantitative estimate of drug-likeness (QED) is 0.706. The number of benzene rings is 1. The molecule has 1 aromatic rings. The Morgan fingerprint density at radius 3 is 2.38 bits per heavy atom. The first kappa shape index (κ1) is 17.7. The van der Waals surface area contributed by atoms with Gasteiger partial charge in [0, 0.05) is 26.3 Å². The van der Waals surface area contributed by atoms with Crippen LogP contribution in [0.1, 0.15) is 0 Å². The van der Waals surface area contributed by atoms with E-state index in [2.05, 4.69) is 0 Å². The molecule has 8 heteroatoms. The summed E-state index contributed by atoms with van der Waals surface area (Å²) in [7, 11) is 0.508. The van der Waals surface area contributed by atoms with E-state index in [0.29, 0.717) is 5.75 Å². The van der Waals surface area contributed by atoms with E-state index >= 15 is 0 Å². The van der Waals surface area contributed by atoms with E-state index in [-0.39, 0.29) is 36.9 Å². The van der Waals surface area contributed by atoms with Gasteiger partial charge in [0.1, 0.15) is 16.4 Å². The topological polar surface area (TPSA) is 85.3 Å². The minimum Gasteiger partial charge on any atom is -0.497 e. The lowest BCUT2D eigenvalue weighted by atomic mass is 10.3. The van der Waals surface area contributed by atoms with Crippen LogP contribution in [0, 0.1) is 0 Å². The van der Waals surface area contributed by atoms with Crippen LogP contribution in [0.3, 0.4) is 0 Å². The third-order valence-electron chi connectivity index (χ3n) is 2.88. The molecule has 0 aliphatic rings. The molecule has 0 fully saturated rings. The number of sulfonamides is 1. The molecule has 21 heavy (non-hydrogen) atoms. The Kier molecular flexibility index (Phi) is 6.90. The first-order valence-corrected chi connectivity index (χ1v) is 7.77. The number of hydrogen-bond donors (Lipinski definition) is 1. The average Bonchev–Trinajstić information content (AvgIpc) is 2.50. The van der Waals surface area contributed by atoms with Gasteiger partial charge in [0.2, 0.25) is 10.0 Å². The Balaban J connectivity index is 3.25. The van der Waals surface area contributed by atoms with Gasteiger partial charge in [0.25, 0.3) is 0 Å². The van der Waals surface area contributed by atoms with Crippen LogP contribution in [-0.4, -0.2) is 65.5 Å². The molecule has 0 heterocycles. The number of methoxy groups -OCH3 is 3. The number of ether oxygens (including phenoxy) is 3. The first-order chi connectivity index (χ1) is 10.0. The van der Waals surface area contributed by atoms with Crippen molar-refractivity contribution < 1.29 is 27.7 Å². The van der Waals surface area contributed by atoms with Crippen molar-refractivity contribution in [2.75, 3.05) is 47.6 Å². The molecule has 7 nitrogen and oxygen atoms in total. The monoisotopic (exact) mass is 319 g/mol. The molecule has 0 aliphatic heterocycles. The fourth-order valence-electron chi connectivity index (χ4n) is 1.78. The van der Waals surface area contributed by atoms with Crippen LogP contribution in [0.2, 0.25) is 0 Å². The highest BCUT2D eigenvalue weighted by atomic mass is 32.2. The van der Waals surface area contributed by atoms with Crippen LogP contribution in [0.25, 0.3) is 0 Å². The molecule has 0 radical (unpaired) electrons. The highest BCUT2D eigenvalue weighted by molar-refractivity contribution is 7.89. The van der Waals surface area contributed by atoms with Gasteiger partial charge in [0.15, 0.2) is 0 Å². The van der Waals surface area contributed by atoms with Gasteiger partial charge in [-0.05, 0) is 12.1 Å². The molecule has 120 valence electrons. The predicted molar refractivity (Wildman–Crippen MR) is 77.3 cm³/mol. The Bertz CT molecular complexity index is 546. The van der Waals surface area contributed by atoms with E-state index in [1.54, 1.807) is 6.07 Å². The van der Waals surface area contributed by atoms with E-state index in [4.69, 9.17) is 19.3 Å². The highest BCUT2D eigenvalue weighted by Crippen LogP contribution is 2.30. The number of rotatable bonds is 9. The molecule has 0 atom stereocenters. The third kappa shape index (κ3) is 4.31. The fraction of sp³-hybridized carbons (Fsp3) is 0.538. The highest BCUT2D eigenvalue weighted by Gasteiger charge is 2.27. The Morgan fingerprint density at radius 1 is 1.14 bits per heavy atom. The summed E-state index contributed by atoms with van der Waals surface area (Å²) in [6.07, 6.45) is 0. The summed E-state index contributed by atoms with van der Waals surface area (Å²) in [6.45, 7) is 0.0621. The van der Waals surface area contributed by atoms with Crippen LogP contribution in [0.4, 0.5) is 0 Å². The molecule has 1 N–H and O–H groups in total. The zero-order valence-electron chi connectivity index (χ0n) is 12.4. The minimum absolute atomic E-state index is 0.00565. The van der Waals surface area contributed by atoms with Crippen molar-refractivity contribution in [2.24, 2.45) is 0 Å². The Morgan fingerprint density at radius 2 is 1.86 bits per heavy atom. The van der Waals surface area contributed by atoms with Gasteiger partial charge in [-0.2, -0.15) is 4.31 Å². The molecule has 0 bridgehead atoms. The molecule has 0 aliphatic carbocycles. The summed E-state index contributed by atoms with van der Waals surface area (Å²) in [6, 6.07) is 4.54. The van der Waals surface area contributed by atoms with Crippen molar-refractivity contribution in [3.8, 4) is 11.5 Å². The third-order valence-corrected chi connectivity index (χ3v) is 4.80. The number of hydrogen-bond acceptors (Lipinski definition) is 6. The summed E-state index contributed by atoms with van der Waals surface area (Å²) < 4.78 is 41.6. The standard InChI is InChI=1S/C13H21NO6S/c1-18-9-7-14(6-8-15)21(16,17)13-10-11(19-2)4-5-12(13)20-3/h4-5,10,15H,6-9H2,1-3H3. The van der Waals surface area contributed by atoms with E-state index < -0.39 is 10.0 Å². The van der Waals surface area contributed by atoms with E-state index in [1.165, 1.54) is 33.5 Å². The second kappa shape index (κ2) is 8.18. The molecule has 0 aromatic heterocycles. The van der Waals surface area contributed by atoms with E-state index in [0.717, 1.165) is 4.31 Å². The molecular formula is C13H21NO6S. The van der Waals surface area contributed by atoms with Gasteiger partial charge in [-0.3, -0.25) is 0 Å². The van der Waals surface area contributed by atoms with Crippen molar-refractivity contribution in [3.05, 3.63) is 18.2 Å². The number of aliphatic hydroxyl groups is 1. The number of aliphatic hydroxyl groups excluding tert-OH is 1. The van der Waals surface area contributed by atoms with Crippen molar-refractivity contribution in [1.82, 2.24) is 4.31 Å². The maximum atomic E-state index is 12.7. The molecular weight excluding hydrogens is 298 g/mol. The lowest BCUT2D eigenvalue weighted by Gasteiger charge is -2.22. The molecule has 1 rings (SSSR count). The van der Waals surface area contributed by atoms with Gasteiger partial charge in [-0.1, -0.05) is 0 Å². The van der Waals surface area contributed by atoms with Crippen LogP contribution >= 0.6 is 0 Å². The number of nitrogens with zero attached hydrogens (tertiary/aromatic N) is 1. The van der Waals surface area contributed by atoms with Crippen LogP contribution < -0.4 is 9.47 Å². The summed E-state index contributed by atoms with van der Waals surface area (Å²) in [5, 5.41) is 9.07. The molecule has 0 saturated carbocycles. The largest absolute Gasteiger partial charge is 0.497 e. The van der Waals surface area contributed by atoms with Gasteiger partial charge in [-0.15, -0.1) is 0 Å². The van der Waals surface area contributed by atoms with Gasteiger partial charge < -0.3 is 19.3 Å². The zero-order valence-corrected chi connectivity index (χ0v) is 13.2. The van der Waals surface area contributed by atoms with Crippen molar-refractivity contribution >= 4 is 10.0 Å². The fourth-order valence-corrected chi connectivity index (χ4v) is 3.37. The Hall–Kier alpha value is -1.35. The second-order valence-corrected chi connectivity index (χ2v) is 6.04. The van der Waals surface area contributed by atoms with Crippen molar-refractivity contribution in [2.45, 2.75) is 4.90 Å². The molecule has 0 spiro atoms. The van der Waals surface area contributed by atoms with Crippen molar-refractivity contribution in [1.29, 1.82) is 0 Å². The summed E-state index contributed by atoms with van der Waals surface area (Å²) in [4.78, 5) is -0.00565. The molecule has 0 unspecified atom stereocenters. The minimum atomic E-state index is -3.82. The SMILES string of the molecule is COCCN(CCO)S(=O)(=O)c1cc(OC)ccc1OC. The maximum Gasteiger partial charge on any atom is 0.247 e. The first-order valence-electron chi connectivity index (χ1n) is 6.33. The Labute approximate surface area is 125 Å². The molecule has 0 amide bonds. The summed E-state index contributed by atoms with van der Waals surface area (Å²) in [5.74, 6) is 0.626. The van der Waals surface area contributed by atoms with Crippen LogP contribution in [0.5, 0.6) is 11.5 Å². The van der Waals surface area contributed by atoms with Gasteiger partial charge >= 0.3 is 0 Å². The summed E-state index contributed by atoms with van der Waals surface area (Å²) in [5.41, 5.74) is 0. The average molecular weight is 319 g/mol. The smallest absolute Gasteiger partial charge is 0.247 e. The summed E-state index contributed by atoms with van der Waals surface area (Å²) >= 11 is 0. The maximum absolute atomic E-state index is 12.7. The zero-order chi connectivity index (χ0) is 15.9. The normalized spacial score (nSPS) is 11.7. The van der Waals surface area contributed by atoms with Crippen LogP contribution in [-0.2, 0) is 14.8 Å². The van der Waals surface area contributed by atoms with E-state index in [9.17, 15) is 8.42 Å². The van der Waals surface area contributed by atoms with Crippen molar-refractivity contribution in [3.63, 3.8) is 0 Å². The molecule has 0 saturated heterocycles. The molecule has 1 aromatic carbocycles. The lowest BCUT2D eigenvalue weighted by Crippen LogP contribution is -2.36. The van der Waals surface area contributed by atoms with Gasteiger partial charge in [-0.25, -0.2) is 8.42 Å². The van der Waals surface area contributed by atoms with E-state index in [1.807, 2.05) is 0 Å². The second-order valence-electron chi connectivity index (χ2n) is 4.14. The predicted octanol–water partition coefficient (Wildman–Crippen LogP) is 0.333. The van der Waals surface area contributed by atoms with Gasteiger partial charge in [0.05, 0.1) is 27.4 Å². The lowest BCUT2D eigenvalue weighted by molar-refractivity contribution is 0.168.